The molecule has 3 aliphatic rings. The molecule has 1 aliphatic carbocycles. The lowest BCUT2D eigenvalue weighted by Gasteiger charge is -2.59. The highest BCUT2D eigenvalue weighted by atomic mass is 19.1. The van der Waals surface area contributed by atoms with Crippen LogP contribution in [-0.2, 0) is 14.3 Å². The highest BCUT2D eigenvalue weighted by Crippen LogP contribution is 2.45. The van der Waals surface area contributed by atoms with Crippen LogP contribution < -0.4 is 4.74 Å². The molecule has 27 heavy (non-hydrogen) atoms. The van der Waals surface area contributed by atoms with Crippen molar-refractivity contribution in [3.05, 3.63) is 30.1 Å². The van der Waals surface area contributed by atoms with Gasteiger partial charge >= 0.3 is 0 Å². The summed E-state index contributed by atoms with van der Waals surface area (Å²) in [6, 6.07) is 5.62. The molecule has 1 saturated carbocycles. The molecule has 2 amide bonds. The lowest BCUT2D eigenvalue weighted by Crippen LogP contribution is -2.77. The second-order valence-electron chi connectivity index (χ2n) is 7.73. The van der Waals surface area contributed by atoms with E-state index in [1.165, 1.54) is 37.1 Å². The third-order valence-corrected chi connectivity index (χ3v) is 6.05. The van der Waals surface area contributed by atoms with Crippen LogP contribution in [0, 0.1) is 11.7 Å². The van der Waals surface area contributed by atoms with Crippen LogP contribution in [0.1, 0.15) is 25.7 Å². The van der Waals surface area contributed by atoms with Gasteiger partial charge in [0.15, 0.2) is 12.7 Å². The molecule has 0 aromatic heterocycles. The van der Waals surface area contributed by atoms with E-state index in [-0.39, 0.29) is 35.9 Å². The van der Waals surface area contributed by atoms with Crippen molar-refractivity contribution < 1.29 is 23.5 Å². The molecule has 146 valence electrons. The molecule has 2 aliphatic heterocycles. The molecule has 0 bridgehead atoms. The first-order valence-corrected chi connectivity index (χ1v) is 9.54. The maximum atomic E-state index is 12.9. The first kappa shape index (κ1) is 18.2. The SMILES string of the molecule is COC1C(=O)N(CC2CC2)C12CCN(C(=O)COc1ccc(F)cc1)CC2. The minimum absolute atomic E-state index is 0.0724. The summed E-state index contributed by atoms with van der Waals surface area (Å²) < 4.78 is 23.9. The molecule has 1 spiro atoms. The zero-order valence-electron chi connectivity index (χ0n) is 15.5. The van der Waals surface area contributed by atoms with Crippen LogP contribution in [0.3, 0.4) is 0 Å². The van der Waals surface area contributed by atoms with Crippen LogP contribution in [-0.4, -0.2) is 66.6 Å². The van der Waals surface area contributed by atoms with Crippen molar-refractivity contribution >= 4 is 11.8 Å². The van der Waals surface area contributed by atoms with Gasteiger partial charge in [0.05, 0.1) is 5.54 Å². The number of hydrogen-bond donors (Lipinski definition) is 0. The van der Waals surface area contributed by atoms with Crippen molar-refractivity contribution in [2.75, 3.05) is 33.4 Å². The van der Waals surface area contributed by atoms with Crippen LogP contribution in [0.4, 0.5) is 4.39 Å². The van der Waals surface area contributed by atoms with Gasteiger partial charge in [0.25, 0.3) is 11.8 Å². The predicted molar refractivity (Wildman–Crippen MR) is 95.7 cm³/mol. The Labute approximate surface area is 158 Å². The van der Waals surface area contributed by atoms with E-state index in [0.717, 1.165) is 19.4 Å². The molecule has 1 unspecified atom stereocenters. The summed E-state index contributed by atoms with van der Waals surface area (Å²) in [5.41, 5.74) is -0.261. The van der Waals surface area contributed by atoms with Gasteiger partial charge in [-0.05, 0) is 55.9 Å². The second-order valence-corrected chi connectivity index (χ2v) is 7.73. The maximum Gasteiger partial charge on any atom is 0.260 e. The highest BCUT2D eigenvalue weighted by molar-refractivity contribution is 5.90. The van der Waals surface area contributed by atoms with E-state index in [1.54, 1.807) is 12.0 Å². The minimum atomic E-state index is -0.385. The summed E-state index contributed by atoms with van der Waals surface area (Å²) in [4.78, 5) is 28.6. The van der Waals surface area contributed by atoms with E-state index < -0.39 is 0 Å². The Kier molecular flexibility index (Phi) is 4.80. The van der Waals surface area contributed by atoms with Crippen molar-refractivity contribution in [1.82, 2.24) is 9.80 Å². The fraction of sp³-hybridized carbons (Fsp3) is 0.600. The van der Waals surface area contributed by atoms with Gasteiger partial charge in [-0.25, -0.2) is 4.39 Å². The quantitative estimate of drug-likeness (QED) is 0.711. The molecule has 1 atom stereocenters. The largest absolute Gasteiger partial charge is 0.484 e. The molecule has 3 fully saturated rings. The van der Waals surface area contributed by atoms with E-state index >= 15 is 0 Å². The Balaban J connectivity index is 1.32. The first-order chi connectivity index (χ1) is 13.0. The fourth-order valence-corrected chi connectivity index (χ4v) is 4.26. The van der Waals surface area contributed by atoms with Crippen molar-refractivity contribution in [3.8, 4) is 5.75 Å². The topological polar surface area (TPSA) is 59.1 Å². The number of likely N-dealkylation sites (tertiary alicyclic amines) is 2. The summed E-state index contributed by atoms with van der Waals surface area (Å²) >= 11 is 0. The smallest absolute Gasteiger partial charge is 0.260 e. The number of hydrogen-bond acceptors (Lipinski definition) is 4. The Morgan fingerprint density at radius 1 is 1.22 bits per heavy atom. The third kappa shape index (κ3) is 3.40. The molecule has 0 radical (unpaired) electrons. The number of β-lactam (4-membered cyclic amide) rings is 1. The van der Waals surface area contributed by atoms with Crippen LogP contribution >= 0.6 is 0 Å². The number of carbonyl (C=O) groups is 2. The lowest BCUT2D eigenvalue weighted by atomic mass is 9.73. The fourth-order valence-electron chi connectivity index (χ4n) is 4.26. The standard InChI is InChI=1S/C20H25FN2O4/c1-26-18-19(25)23(12-14-2-3-14)20(18)8-10-22(11-9-20)17(24)13-27-16-6-4-15(21)5-7-16/h4-7,14,18H,2-3,8-13H2,1H3. The number of ether oxygens (including phenoxy) is 2. The molecule has 7 heteroatoms. The van der Waals surface area contributed by atoms with Gasteiger partial charge in [-0.1, -0.05) is 0 Å². The van der Waals surface area contributed by atoms with Crippen molar-refractivity contribution in [2.45, 2.75) is 37.3 Å². The van der Waals surface area contributed by atoms with E-state index in [1.807, 2.05) is 4.90 Å². The number of halogens is 1. The molecule has 1 aromatic carbocycles. The summed E-state index contributed by atoms with van der Waals surface area (Å²) in [5.74, 6) is 0.755. The minimum Gasteiger partial charge on any atom is -0.484 e. The summed E-state index contributed by atoms with van der Waals surface area (Å²) in [7, 11) is 1.59. The lowest BCUT2D eigenvalue weighted by molar-refractivity contribution is -0.199. The van der Waals surface area contributed by atoms with Gasteiger partial charge in [-0.2, -0.15) is 0 Å². The third-order valence-electron chi connectivity index (χ3n) is 6.05. The Morgan fingerprint density at radius 2 is 1.89 bits per heavy atom. The average Bonchev–Trinajstić information content (AvgIpc) is 3.51. The number of piperidine rings is 1. The van der Waals surface area contributed by atoms with E-state index in [2.05, 4.69) is 0 Å². The number of methoxy groups -OCH3 is 1. The van der Waals surface area contributed by atoms with Gasteiger partial charge in [-0.15, -0.1) is 0 Å². The summed E-state index contributed by atoms with van der Waals surface area (Å²) in [6.07, 6.45) is 3.47. The number of rotatable bonds is 6. The molecular formula is C20H25FN2O4. The second kappa shape index (κ2) is 7.11. The average molecular weight is 376 g/mol. The van der Waals surface area contributed by atoms with E-state index in [4.69, 9.17) is 9.47 Å². The van der Waals surface area contributed by atoms with Crippen LogP contribution in [0.15, 0.2) is 24.3 Å². The predicted octanol–water partition coefficient (Wildman–Crippen LogP) is 1.83. The molecule has 4 rings (SSSR count). The molecule has 6 nitrogen and oxygen atoms in total. The Hall–Kier alpha value is -2.15. The molecule has 2 saturated heterocycles. The number of carbonyl (C=O) groups excluding carboxylic acids is 2. The Morgan fingerprint density at radius 3 is 2.48 bits per heavy atom. The van der Waals surface area contributed by atoms with Crippen LogP contribution in [0.2, 0.25) is 0 Å². The van der Waals surface area contributed by atoms with E-state index in [0.29, 0.717) is 24.8 Å². The monoisotopic (exact) mass is 376 g/mol. The highest BCUT2D eigenvalue weighted by Gasteiger charge is 2.61. The maximum absolute atomic E-state index is 12.9. The first-order valence-electron chi connectivity index (χ1n) is 9.54. The molecular weight excluding hydrogens is 351 g/mol. The Bertz CT molecular complexity index is 711. The zero-order chi connectivity index (χ0) is 19.0. The van der Waals surface area contributed by atoms with Crippen molar-refractivity contribution in [2.24, 2.45) is 5.92 Å². The van der Waals surface area contributed by atoms with Crippen molar-refractivity contribution in [1.29, 1.82) is 0 Å². The van der Waals surface area contributed by atoms with Crippen molar-refractivity contribution in [3.63, 3.8) is 0 Å². The van der Waals surface area contributed by atoms with Gasteiger partial charge < -0.3 is 19.3 Å². The molecule has 0 N–H and O–H groups in total. The number of benzene rings is 1. The van der Waals surface area contributed by atoms with Crippen LogP contribution in [0.5, 0.6) is 5.75 Å². The zero-order valence-corrected chi connectivity index (χ0v) is 15.5. The van der Waals surface area contributed by atoms with E-state index in [9.17, 15) is 14.0 Å². The van der Waals surface area contributed by atoms with Gasteiger partial charge in [0, 0.05) is 26.7 Å². The normalized spacial score (nSPS) is 24.1. The number of nitrogens with zero attached hydrogens (tertiary/aromatic N) is 2. The van der Waals surface area contributed by atoms with Gasteiger partial charge in [-0.3, -0.25) is 9.59 Å². The number of amides is 2. The van der Waals surface area contributed by atoms with Gasteiger partial charge in [0.1, 0.15) is 11.6 Å². The summed E-state index contributed by atoms with van der Waals surface area (Å²) in [6.45, 7) is 1.91. The molecule has 2 heterocycles. The van der Waals surface area contributed by atoms with Gasteiger partial charge in [0.2, 0.25) is 0 Å². The molecule has 1 aromatic rings. The van der Waals surface area contributed by atoms with Crippen LogP contribution in [0.25, 0.3) is 0 Å². The summed E-state index contributed by atoms with van der Waals surface area (Å²) in [5, 5.41) is 0.